The van der Waals surface area contributed by atoms with Crippen LogP contribution >= 0.6 is 0 Å². The van der Waals surface area contributed by atoms with Gasteiger partial charge in [-0.1, -0.05) is 6.92 Å². The number of nitrogens with one attached hydrogen (secondary N) is 1. The maximum Gasteiger partial charge on any atom is 0.272 e. The molecule has 0 aliphatic carbocycles. The van der Waals surface area contributed by atoms with Gasteiger partial charge in [0.15, 0.2) is 0 Å². The van der Waals surface area contributed by atoms with Gasteiger partial charge in [-0.2, -0.15) is 0 Å². The lowest BCUT2D eigenvalue weighted by molar-refractivity contribution is -0.385. The van der Waals surface area contributed by atoms with Gasteiger partial charge in [0.25, 0.3) is 5.69 Å². The average molecular weight is 292 g/mol. The molecular formula is C10H13FN2O5S. The number of aliphatic hydroxyl groups is 1. The van der Waals surface area contributed by atoms with Crippen LogP contribution in [0, 0.1) is 15.9 Å². The van der Waals surface area contributed by atoms with Crippen LogP contribution < -0.4 is 4.72 Å². The van der Waals surface area contributed by atoms with Crippen molar-refractivity contribution in [1.29, 1.82) is 0 Å². The van der Waals surface area contributed by atoms with E-state index < -0.39 is 44.0 Å². The first-order chi connectivity index (χ1) is 8.81. The molecule has 0 heterocycles. The number of sulfonamides is 1. The molecule has 106 valence electrons. The standard InChI is InChI=1S/C10H13FN2O5S/c1-2-7(6-14)12-19(17,18)10-4-3-8(13(15)16)5-9(10)11/h3-5,7,12,14H,2,6H2,1H3/t7-/m0/s1. The second-order valence-corrected chi connectivity index (χ2v) is 5.46. The minimum absolute atomic E-state index is 0.324. The van der Waals surface area contributed by atoms with Crippen molar-refractivity contribution in [2.75, 3.05) is 6.61 Å². The third-order valence-corrected chi connectivity index (χ3v) is 4.00. The van der Waals surface area contributed by atoms with E-state index in [1.807, 2.05) is 0 Å². The van der Waals surface area contributed by atoms with Crippen molar-refractivity contribution in [3.05, 3.63) is 34.1 Å². The van der Waals surface area contributed by atoms with Crippen LogP contribution in [0.25, 0.3) is 0 Å². The Bertz CT molecular complexity index is 571. The van der Waals surface area contributed by atoms with E-state index in [-0.39, 0.29) is 0 Å². The zero-order valence-corrected chi connectivity index (χ0v) is 10.9. The summed E-state index contributed by atoms with van der Waals surface area (Å²) in [5.41, 5.74) is -0.536. The summed E-state index contributed by atoms with van der Waals surface area (Å²) in [7, 11) is -4.16. The third kappa shape index (κ3) is 3.69. The van der Waals surface area contributed by atoms with E-state index in [9.17, 15) is 22.9 Å². The normalized spacial score (nSPS) is 13.2. The summed E-state index contributed by atoms with van der Waals surface area (Å²) >= 11 is 0. The fourth-order valence-corrected chi connectivity index (χ4v) is 2.72. The number of nitro groups is 1. The molecule has 2 N–H and O–H groups in total. The van der Waals surface area contributed by atoms with Gasteiger partial charge in [0.2, 0.25) is 10.0 Å². The van der Waals surface area contributed by atoms with Gasteiger partial charge in [-0.3, -0.25) is 10.1 Å². The Morgan fingerprint density at radius 1 is 1.53 bits per heavy atom. The maximum atomic E-state index is 13.6. The van der Waals surface area contributed by atoms with Crippen molar-refractivity contribution in [3.63, 3.8) is 0 Å². The van der Waals surface area contributed by atoms with E-state index in [1.165, 1.54) is 0 Å². The highest BCUT2D eigenvalue weighted by molar-refractivity contribution is 7.89. The molecule has 0 aromatic heterocycles. The Hall–Kier alpha value is -1.58. The topological polar surface area (TPSA) is 110 Å². The Morgan fingerprint density at radius 2 is 2.16 bits per heavy atom. The molecule has 0 fully saturated rings. The quantitative estimate of drug-likeness (QED) is 0.595. The number of benzene rings is 1. The summed E-state index contributed by atoms with van der Waals surface area (Å²) < 4.78 is 39.3. The number of halogens is 1. The highest BCUT2D eigenvalue weighted by atomic mass is 32.2. The molecule has 0 bridgehead atoms. The molecule has 1 aromatic rings. The zero-order chi connectivity index (χ0) is 14.6. The highest BCUT2D eigenvalue weighted by Gasteiger charge is 2.24. The van der Waals surface area contributed by atoms with Crippen LogP contribution in [-0.2, 0) is 10.0 Å². The minimum Gasteiger partial charge on any atom is -0.395 e. The first-order valence-electron chi connectivity index (χ1n) is 5.39. The third-order valence-electron chi connectivity index (χ3n) is 2.45. The summed E-state index contributed by atoms with van der Waals surface area (Å²) in [6.07, 6.45) is 0.324. The molecule has 7 nitrogen and oxygen atoms in total. The fourth-order valence-electron chi connectivity index (χ4n) is 1.35. The molecule has 0 amide bonds. The van der Waals surface area contributed by atoms with Gasteiger partial charge in [0.1, 0.15) is 10.7 Å². The van der Waals surface area contributed by atoms with Crippen LogP contribution in [0.15, 0.2) is 23.1 Å². The summed E-state index contributed by atoms with van der Waals surface area (Å²) in [6, 6.07) is 1.52. The number of non-ortho nitro benzene ring substituents is 1. The van der Waals surface area contributed by atoms with Gasteiger partial charge in [0, 0.05) is 12.1 Å². The van der Waals surface area contributed by atoms with Crippen LogP contribution in [0.3, 0.4) is 0 Å². The van der Waals surface area contributed by atoms with Crippen LogP contribution in [-0.4, -0.2) is 31.1 Å². The molecule has 0 aliphatic heterocycles. The molecule has 1 atom stereocenters. The molecule has 0 saturated carbocycles. The molecule has 0 unspecified atom stereocenters. The SMILES string of the molecule is CC[C@@H](CO)NS(=O)(=O)c1ccc([N+](=O)[O-])cc1F. The number of hydrogen-bond donors (Lipinski definition) is 2. The largest absolute Gasteiger partial charge is 0.395 e. The molecule has 0 spiro atoms. The lowest BCUT2D eigenvalue weighted by atomic mass is 10.3. The molecule has 0 aliphatic rings. The summed E-state index contributed by atoms with van der Waals surface area (Å²) in [6.45, 7) is 1.22. The van der Waals surface area contributed by atoms with Crippen molar-refractivity contribution >= 4 is 15.7 Å². The molecule has 0 radical (unpaired) electrons. The van der Waals surface area contributed by atoms with E-state index in [1.54, 1.807) is 6.92 Å². The van der Waals surface area contributed by atoms with E-state index in [2.05, 4.69) is 4.72 Å². The minimum atomic E-state index is -4.16. The zero-order valence-electron chi connectivity index (χ0n) is 10.0. The molecule has 19 heavy (non-hydrogen) atoms. The van der Waals surface area contributed by atoms with Crippen molar-refractivity contribution in [3.8, 4) is 0 Å². The Kier molecular flexibility index (Phi) is 4.92. The van der Waals surface area contributed by atoms with E-state index in [0.717, 1.165) is 12.1 Å². The van der Waals surface area contributed by atoms with Crippen LogP contribution in [0.4, 0.5) is 10.1 Å². The van der Waals surface area contributed by atoms with Crippen LogP contribution in [0.2, 0.25) is 0 Å². The van der Waals surface area contributed by atoms with Gasteiger partial charge < -0.3 is 5.11 Å². The number of nitro benzene ring substituents is 1. The van der Waals surface area contributed by atoms with Crippen molar-refractivity contribution < 1.29 is 22.8 Å². The highest BCUT2D eigenvalue weighted by Crippen LogP contribution is 2.20. The number of hydrogen-bond acceptors (Lipinski definition) is 5. The summed E-state index contributed by atoms with van der Waals surface area (Å²) in [5, 5.41) is 19.3. The molecule has 9 heteroatoms. The van der Waals surface area contributed by atoms with Crippen molar-refractivity contribution in [2.45, 2.75) is 24.3 Å². The summed E-state index contributed by atoms with van der Waals surface area (Å²) in [5.74, 6) is -1.21. The second-order valence-electron chi connectivity index (χ2n) is 3.78. The van der Waals surface area contributed by atoms with Crippen molar-refractivity contribution in [2.24, 2.45) is 0 Å². The van der Waals surface area contributed by atoms with E-state index in [4.69, 9.17) is 5.11 Å². The van der Waals surface area contributed by atoms with E-state index >= 15 is 0 Å². The Balaban J connectivity index is 3.12. The second kappa shape index (κ2) is 6.04. The maximum absolute atomic E-state index is 13.6. The monoisotopic (exact) mass is 292 g/mol. The predicted molar refractivity (Wildman–Crippen MR) is 64.5 cm³/mol. The fraction of sp³-hybridized carbons (Fsp3) is 0.400. The van der Waals surface area contributed by atoms with Gasteiger partial charge in [0.05, 0.1) is 17.6 Å². The Labute approximate surface area is 109 Å². The van der Waals surface area contributed by atoms with Crippen molar-refractivity contribution in [1.82, 2.24) is 4.72 Å². The average Bonchev–Trinajstić information content (AvgIpc) is 2.35. The Morgan fingerprint density at radius 3 is 2.58 bits per heavy atom. The first kappa shape index (κ1) is 15.5. The number of rotatable bonds is 6. The van der Waals surface area contributed by atoms with E-state index in [0.29, 0.717) is 12.5 Å². The van der Waals surface area contributed by atoms with Crippen LogP contribution in [0.5, 0.6) is 0 Å². The molecule has 0 saturated heterocycles. The van der Waals surface area contributed by atoms with Gasteiger partial charge in [-0.05, 0) is 12.5 Å². The number of aliphatic hydroxyl groups excluding tert-OH is 1. The van der Waals surface area contributed by atoms with Gasteiger partial charge >= 0.3 is 0 Å². The first-order valence-corrected chi connectivity index (χ1v) is 6.87. The van der Waals surface area contributed by atoms with Gasteiger partial charge in [-0.15, -0.1) is 0 Å². The lowest BCUT2D eigenvalue weighted by Crippen LogP contribution is -2.37. The lowest BCUT2D eigenvalue weighted by Gasteiger charge is -2.14. The summed E-state index contributed by atoms with van der Waals surface area (Å²) in [4.78, 5) is 8.91. The van der Waals surface area contributed by atoms with Crippen LogP contribution in [0.1, 0.15) is 13.3 Å². The molecule has 1 rings (SSSR count). The molecular weight excluding hydrogens is 279 g/mol. The predicted octanol–water partition coefficient (Wildman–Crippen LogP) is 0.783. The molecule has 1 aromatic carbocycles. The number of nitrogens with zero attached hydrogens (tertiary/aromatic N) is 1. The van der Waals surface area contributed by atoms with Gasteiger partial charge in [-0.25, -0.2) is 17.5 Å². The smallest absolute Gasteiger partial charge is 0.272 e.